The normalized spacial score (nSPS) is 15.0. The molecule has 2 heterocycles. The van der Waals surface area contributed by atoms with Crippen LogP contribution >= 0.6 is 0 Å². The van der Waals surface area contributed by atoms with Crippen LogP contribution in [0.25, 0.3) is 0 Å². The number of hydrogen-bond donors (Lipinski definition) is 1. The van der Waals surface area contributed by atoms with Crippen LogP contribution in [0.15, 0.2) is 12.1 Å². The number of aromatic nitrogens is 1. The van der Waals surface area contributed by atoms with Crippen LogP contribution in [-0.4, -0.2) is 55.4 Å². The van der Waals surface area contributed by atoms with E-state index in [1.807, 2.05) is 26.0 Å². The molecule has 6 nitrogen and oxygen atoms in total. The van der Waals surface area contributed by atoms with Gasteiger partial charge in [0.15, 0.2) is 0 Å². The lowest BCUT2D eigenvalue weighted by Gasteiger charge is -2.26. The number of piperazine rings is 1. The molecule has 1 saturated heterocycles. The van der Waals surface area contributed by atoms with Crippen molar-refractivity contribution in [3.05, 3.63) is 23.5 Å². The van der Waals surface area contributed by atoms with Crippen LogP contribution in [-0.2, 0) is 4.74 Å². The Labute approximate surface area is 119 Å². The number of ether oxygens (including phenoxy) is 2. The van der Waals surface area contributed by atoms with Gasteiger partial charge < -0.3 is 19.7 Å². The Balaban J connectivity index is 1.69. The molecule has 0 unspecified atom stereocenters. The van der Waals surface area contributed by atoms with Gasteiger partial charge in [-0.15, -0.1) is 0 Å². The maximum Gasteiger partial charge on any atom is 0.409 e. The first-order valence-electron chi connectivity index (χ1n) is 6.86. The van der Waals surface area contributed by atoms with E-state index in [9.17, 15) is 4.79 Å². The average molecular weight is 279 g/mol. The van der Waals surface area contributed by atoms with E-state index in [2.05, 4.69) is 10.3 Å². The summed E-state index contributed by atoms with van der Waals surface area (Å²) in [5.41, 5.74) is 1.80. The van der Waals surface area contributed by atoms with Gasteiger partial charge in [-0.25, -0.2) is 4.79 Å². The number of hydrogen-bond acceptors (Lipinski definition) is 5. The largest absolute Gasteiger partial charge is 0.488 e. The van der Waals surface area contributed by atoms with Gasteiger partial charge in [-0.05, 0) is 26.0 Å². The van der Waals surface area contributed by atoms with E-state index in [-0.39, 0.29) is 12.7 Å². The molecule has 20 heavy (non-hydrogen) atoms. The first-order chi connectivity index (χ1) is 9.66. The molecule has 1 aliphatic rings. The van der Waals surface area contributed by atoms with Gasteiger partial charge in [-0.3, -0.25) is 4.98 Å². The van der Waals surface area contributed by atoms with Crippen LogP contribution in [0.5, 0.6) is 5.75 Å². The predicted molar refractivity (Wildman–Crippen MR) is 75.0 cm³/mol. The molecule has 1 amide bonds. The van der Waals surface area contributed by atoms with Crippen LogP contribution in [0.1, 0.15) is 11.4 Å². The monoisotopic (exact) mass is 279 g/mol. The summed E-state index contributed by atoms with van der Waals surface area (Å²) < 4.78 is 10.7. The molecule has 2 rings (SSSR count). The minimum atomic E-state index is -0.270. The van der Waals surface area contributed by atoms with Crippen molar-refractivity contribution in [2.45, 2.75) is 13.8 Å². The number of aryl methyl sites for hydroxylation is 2. The van der Waals surface area contributed by atoms with Gasteiger partial charge in [0.1, 0.15) is 19.0 Å². The molecular weight excluding hydrogens is 258 g/mol. The molecule has 0 aromatic carbocycles. The van der Waals surface area contributed by atoms with Gasteiger partial charge in [-0.1, -0.05) is 0 Å². The van der Waals surface area contributed by atoms with E-state index in [0.717, 1.165) is 30.2 Å². The van der Waals surface area contributed by atoms with Gasteiger partial charge >= 0.3 is 6.09 Å². The van der Waals surface area contributed by atoms with Crippen LogP contribution in [0.4, 0.5) is 4.79 Å². The number of pyridine rings is 1. The van der Waals surface area contributed by atoms with Crippen molar-refractivity contribution in [2.75, 3.05) is 39.4 Å². The Morgan fingerprint density at radius 2 is 2.05 bits per heavy atom. The fraction of sp³-hybridized carbons (Fsp3) is 0.571. The molecule has 1 N–H and O–H groups in total. The summed E-state index contributed by atoms with van der Waals surface area (Å²) in [4.78, 5) is 17.7. The summed E-state index contributed by atoms with van der Waals surface area (Å²) in [5.74, 6) is 0.730. The highest BCUT2D eigenvalue weighted by Crippen LogP contribution is 2.15. The van der Waals surface area contributed by atoms with Crippen LogP contribution in [0.3, 0.4) is 0 Å². The Morgan fingerprint density at radius 3 is 2.75 bits per heavy atom. The molecule has 1 fully saturated rings. The van der Waals surface area contributed by atoms with Gasteiger partial charge in [0, 0.05) is 31.9 Å². The molecule has 6 heteroatoms. The first-order valence-corrected chi connectivity index (χ1v) is 6.86. The fourth-order valence-corrected chi connectivity index (χ4v) is 2.05. The SMILES string of the molecule is Cc1ccc(OCCOC(=O)N2CCNCC2)c(C)n1. The molecule has 0 saturated carbocycles. The van der Waals surface area contributed by atoms with Crippen molar-refractivity contribution in [3.8, 4) is 5.75 Å². The van der Waals surface area contributed by atoms with E-state index in [0.29, 0.717) is 19.7 Å². The molecule has 0 atom stereocenters. The van der Waals surface area contributed by atoms with Gasteiger partial charge in [-0.2, -0.15) is 0 Å². The lowest BCUT2D eigenvalue weighted by atomic mass is 10.3. The molecule has 1 aromatic heterocycles. The topological polar surface area (TPSA) is 63.7 Å². The van der Waals surface area contributed by atoms with Crippen molar-refractivity contribution in [3.63, 3.8) is 0 Å². The fourth-order valence-electron chi connectivity index (χ4n) is 2.05. The molecule has 1 aliphatic heterocycles. The smallest absolute Gasteiger partial charge is 0.409 e. The standard InChI is InChI=1S/C14H21N3O3/c1-11-3-4-13(12(2)16-11)19-9-10-20-14(18)17-7-5-15-6-8-17/h3-4,15H,5-10H2,1-2H3. The summed E-state index contributed by atoms with van der Waals surface area (Å²) in [6.07, 6.45) is -0.270. The summed E-state index contributed by atoms with van der Waals surface area (Å²) in [5, 5.41) is 3.19. The molecule has 0 aliphatic carbocycles. The minimum Gasteiger partial charge on any atom is -0.488 e. The Kier molecular flexibility index (Phi) is 5.17. The van der Waals surface area contributed by atoms with E-state index in [1.165, 1.54) is 0 Å². The van der Waals surface area contributed by atoms with E-state index in [4.69, 9.17) is 9.47 Å². The highest BCUT2D eigenvalue weighted by atomic mass is 16.6. The second-order valence-electron chi connectivity index (χ2n) is 4.74. The van der Waals surface area contributed by atoms with Gasteiger partial charge in [0.05, 0.1) is 5.69 Å². The van der Waals surface area contributed by atoms with E-state index >= 15 is 0 Å². The molecule has 1 aromatic rings. The summed E-state index contributed by atoms with van der Waals surface area (Å²) >= 11 is 0. The zero-order valence-corrected chi connectivity index (χ0v) is 12.0. The maximum absolute atomic E-state index is 11.7. The second-order valence-corrected chi connectivity index (χ2v) is 4.74. The quantitative estimate of drug-likeness (QED) is 0.837. The molecule has 0 bridgehead atoms. The molecule has 0 radical (unpaired) electrons. The van der Waals surface area contributed by atoms with Crippen molar-refractivity contribution in [1.29, 1.82) is 0 Å². The Morgan fingerprint density at radius 1 is 1.30 bits per heavy atom. The number of nitrogens with one attached hydrogen (secondary N) is 1. The van der Waals surface area contributed by atoms with Crippen molar-refractivity contribution < 1.29 is 14.3 Å². The minimum absolute atomic E-state index is 0.246. The third-order valence-corrected chi connectivity index (χ3v) is 3.12. The second kappa shape index (κ2) is 7.09. The number of rotatable bonds is 4. The van der Waals surface area contributed by atoms with Crippen molar-refractivity contribution >= 4 is 6.09 Å². The maximum atomic E-state index is 11.7. The van der Waals surface area contributed by atoms with Crippen molar-refractivity contribution in [2.24, 2.45) is 0 Å². The van der Waals surface area contributed by atoms with E-state index in [1.54, 1.807) is 4.90 Å². The number of carbonyl (C=O) groups excluding carboxylic acids is 1. The highest BCUT2D eigenvalue weighted by molar-refractivity contribution is 5.67. The zero-order chi connectivity index (χ0) is 14.4. The Bertz CT molecular complexity index is 459. The summed E-state index contributed by atoms with van der Waals surface area (Å²) in [6.45, 7) is 7.45. The number of nitrogens with zero attached hydrogens (tertiary/aromatic N) is 2. The lowest BCUT2D eigenvalue weighted by Crippen LogP contribution is -2.46. The van der Waals surface area contributed by atoms with Crippen LogP contribution in [0, 0.1) is 13.8 Å². The van der Waals surface area contributed by atoms with Crippen LogP contribution in [0.2, 0.25) is 0 Å². The zero-order valence-electron chi connectivity index (χ0n) is 12.0. The molecule has 110 valence electrons. The lowest BCUT2D eigenvalue weighted by molar-refractivity contribution is 0.0843. The summed E-state index contributed by atoms with van der Waals surface area (Å²) in [7, 11) is 0. The van der Waals surface area contributed by atoms with Crippen molar-refractivity contribution in [1.82, 2.24) is 15.2 Å². The van der Waals surface area contributed by atoms with Gasteiger partial charge in [0.25, 0.3) is 0 Å². The van der Waals surface area contributed by atoms with E-state index < -0.39 is 0 Å². The molecular formula is C14H21N3O3. The average Bonchev–Trinajstić information content (AvgIpc) is 2.46. The van der Waals surface area contributed by atoms with Crippen LogP contribution < -0.4 is 10.1 Å². The highest BCUT2D eigenvalue weighted by Gasteiger charge is 2.17. The predicted octanol–water partition coefficient (Wildman–Crippen LogP) is 1.12. The molecule has 0 spiro atoms. The number of carbonyl (C=O) groups is 1. The Hall–Kier alpha value is -1.82. The first kappa shape index (κ1) is 14.6. The van der Waals surface area contributed by atoms with Gasteiger partial charge in [0.2, 0.25) is 0 Å². The summed E-state index contributed by atoms with van der Waals surface area (Å²) in [6, 6.07) is 3.78. The third kappa shape index (κ3) is 4.09. The third-order valence-electron chi connectivity index (χ3n) is 3.12. The number of amides is 1.